The highest BCUT2D eigenvalue weighted by molar-refractivity contribution is 7.74. The molecule has 25 heavy (non-hydrogen) atoms. The number of anilines is 3. The Labute approximate surface area is 145 Å². The molecule has 0 unspecified atom stereocenters. The summed E-state index contributed by atoms with van der Waals surface area (Å²) in [7, 11) is -2.76. The van der Waals surface area contributed by atoms with Gasteiger partial charge in [-0.05, 0) is 6.42 Å². The number of thiol groups is 1. The van der Waals surface area contributed by atoms with E-state index < -0.39 is 10.9 Å². The van der Waals surface area contributed by atoms with Crippen LogP contribution < -0.4 is 14.9 Å². The van der Waals surface area contributed by atoms with Crippen molar-refractivity contribution in [2.75, 3.05) is 47.8 Å². The maximum atomic E-state index is 11.6. The largest absolute Gasteiger partial charge is 0.378 e. The minimum absolute atomic E-state index is 0.173. The Hall–Kier alpha value is -2.53. The van der Waals surface area contributed by atoms with E-state index in [1.165, 1.54) is 4.31 Å². The summed E-state index contributed by atoms with van der Waals surface area (Å²) < 4.78 is 29.8. The Morgan fingerprint density at radius 1 is 1.08 bits per heavy atom. The molecule has 1 fully saturated rings. The minimum atomic E-state index is -2.76. The van der Waals surface area contributed by atoms with E-state index in [9.17, 15) is 8.42 Å². The van der Waals surface area contributed by atoms with Crippen molar-refractivity contribution in [3.05, 3.63) is 18.0 Å². The topological polar surface area (TPSA) is 127 Å². The van der Waals surface area contributed by atoms with E-state index in [0.717, 1.165) is 5.56 Å². The van der Waals surface area contributed by atoms with Crippen LogP contribution in [0, 0.1) is 0 Å². The summed E-state index contributed by atoms with van der Waals surface area (Å²) in [4.78, 5) is 19.2. The van der Waals surface area contributed by atoms with Crippen LogP contribution in [0.2, 0.25) is 0 Å². The summed E-state index contributed by atoms with van der Waals surface area (Å²) in [5.41, 5.74) is 7.67. The highest BCUT2D eigenvalue weighted by atomic mass is 32.2. The molecule has 2 aliphatic heterocycles. The molecule has 0 spiro atoms. The van der Waals surface area contributed by atoms with Crippen LogP contribution in [0.25, 0.3) is 11.3 Å². The quantitative estimate of drug-likeness (QED) is 0.676. The number of morpholine rings is 1. The van der Waals surface area contributed by atoms with Gasteiger partial charge in [-0.2, -0.15) is 4.98 Å². The fourth-order valence-electron chi connectivity index (χ4n) is 2.99. The van der Waals surface area contributed by atoms with Gasteiger partial charge in [0.25, 0.3) is 0 Å². The number of fused-ring (bicyclic) bond motifs is 1. The van der Waals surface area contributed by atoms with Gasteiger partial charge in [0.2, 0.25) is 22.8 Å². The number of hydrogen-bond donors (Lipinski definition) is 2. The average molecular weight is 363 g/mol. The van der Waals surface area contributed by atoms with Crippen LogP contribution in [0.1, 0.15) is 5.56 Å². The highest BCUT2D eigenvalue weighted by Gasteiger charge is 2.29. The molecule has 1 saturated heterocycles. The standard InChI is InChI=1S/C14H17N7O3S/c15-13-16-7-9(8-17-13)11-10-1-2-21(25(22)23)12(10)19-14(18-11)20-3-5-24-6-4-20/h7-8,25H,1-6H2,(H2,15,16,17). The SMILES string of the molecule is Nc1ncc(-c2nc(N3CCOCC3)nc3c2CCN3[SH](=O)=O)cn1. The van der Waals surface area contributed by atoms with Crippen molar-refractivity contribution in [1.29, 1.82) is 0 Å². The maximum Gasteiger partial charge on any atom is 0.228 e. The van der Waals surface area contributed by atoms with Gasteiger partial charge in [0, 0.05) is 43.2 Å². The third kappa shape index (κ3) is 2.96. The first-order valence-corrected chi connectivity index (χ1v) is 9.00. The van der Waals surface area contributed by atoms with Crippen molar-refractivity contribution >= 4 is 28.6 Å². The van der Waals surface area contributed by atoms with E-state index >= 15 is 0 Å². The summed E-state index contributed by atoms with van der Waals surface area (Å²) in [6.07, 6.45) is 3.73. The third-order valence-electron chi connectivity index (χ3n) is 4.23. The predicted molar refractivity (Wildman–Crippen MR) is 91.9 cm³/mol. The van der Waals surface area contributed by atoms with E-state index in [4.69, 9.17) is 10.5 Å². The maximum absolute atomic E-state index is 11.6. The predicted octanol–water partition coefficient (Wildman–Crippen LogP) is -0.759. The fourth-order valence-corrected chi connectivity index (χ4v) is 3.57. The number of ether oxygens (including phenoxy) is 1. The van der Waals surface area contributed by atoms with Crippen LogP contribution in [0.5, 0.6) is 0 Å². The normalized spacial score (nSPS) is 17.2. The van der Waals surface area contributed by atoms with Crippen molar-refractivity contribution in [1.82, 2.24) is 19.9 Å². The Morgan fingerprint density at radius 3 is 2.48 bits per heavy atom. The lowest BCUT2D eigenvalue weighted by molar-refractivity contribution is 0.122. The second kappa shape index (κ2) is 6.41. The fraction of sp³-hybridized carbons (Fsp3) is 0.429. The zero-order valence-electron chi connectivity index (χ0n) is 13.3. The molecule has 4 heterocycles. The van der Waals surface area contributed by atoms with Crippen LogP contribution in [0.15, 0.2) is 12.4 Å². The van der Waals surface area contributed by atoms with E-state index in [1.807, 2.05) is 4.90 Å². The van der Waals surface area contributed by atoms with Gasteiger partial charge in [0.15, 0.2) is 5.82 Å². The first-order chi connectivity index (χ1) is 12.1. The molecule has 11 heteroatoms. The van der Waals surface area contributed by atoms with Gasteiger partial charge < -0.3 is 15.4 Å². The van der Waals surface area contributed by atoms with Crippen molar-refractivity contribution < 1.29 is 13.2 Å². The molecule has 2 aliphatic rings. The van der Waals surface area contributed by atoms with Gasteiger partial charge in [-0.15, -0.1) is 0 Å². The minimum Gasteiger partial charge on any atom is -0.378 e. The number of nitrogen functional groups attached to an aromatic ring is 1. The molecule has 0 saturated carbocycles. The lowest BCUT2D eigenvalue weighted by Gasteiger charge is -2.27. The van der Waals surface area contributed by atoms with Crippen LogP contribution in [0.4, 0.5) is 17.7 Å². The molecule has 0 bridgehead atoms. The molecule has 2 N–H and O–H groups in total. The van der Waals surface area contributed by atoms with E-state index in [0.29, 0.717) is 62.3 Å². The molecule has 2 aromatic rings. The number of rotatable bonds is 3. The molecule has 0 atom stereocenters. The summed E-state index contributed by atoms with van der Waals surface area (Å²) in [5.74, 6) is 1.09. The Bertz CT molecular complexity index is 857. The zero-order chi connectivity index (χ0) is 17.4. The smallest absolute Gasteiger partial charge is 0.228 e. The van der Waals surface area contributed by atoms with Gasteiger partial charge in [0.1, 0.15) is 0 Å². The summed E-state index contributed by atoms with van der Waals surface area (Å²) in [5, 5.41) is 0. The molecule has 0 aliphatic carbocycles. The second-order valence-electron chi connectivity index (χ2n) is 5.71. The number of nitrogens with two attached hydrogens (primary N) is 1. The van der Waals surface area contributed by atoms with Gasteiger partial charge in [-0.1, -0.05) is 0 Å². The van der Waals surface area contributed by atoms with Crippen LogP contribution in [-0.4, -0.2) is 61.2 Å². The molecule has 132 valence electrons. The Balaban J connectivity index is 1.85. The van der Waals surface area contributed by atoms with Crippen LogP contribution >= 0.6 is 0 Å². The summed E-state index contributed by atoms with van der Waals surface area (Å²) >= 11 is 0. The molecule has 4 rings (SSSR count). The van der Waals surface area contributed by atoms with Crippen molar-refractivity contribution in [2.24, 2.45) is 0 Å². The molecule has 2 aromatic heterocycles. The van der Waals surface area contributed by atoms with Gasteiger partial charge in [0.05, 0.1) is 18.9 Å². The van der Waals surface area contributed by atoms with Crippen molar-refractivity contribution in [2.45, 2.75) is 6.42 Å². The first-order valence-electron chi connectivity index (χ1n) is 7.87. The number of nitrogens with zero attached hydrogens (tertiary/aromatic N) is 6. The Kier molecular flexibility index (Phi) is 4.09. The molecular formula is C14H17N7O3S. The number of aromatic nitrogens is 4. The van der Waals surface area contributed by atoms with E-state index in [-0.39, 0.29) is 5.95 Å². The van der Waals surface area contributed by atoms with Gasteiger partial charge in [-0.25, -0.2) is 23.4 Å². The van der Waals surface area contributed by atoms with E-state index in [1.54, 1.807) is 12.4 Å². The first kappa shape index (κ1) is 16.0. The van der Waals surface area contributed by atoms with Crippen molar-refractivity contribution in [3.63, 3.8) is 0 Å². The average Bonchev–Trinajstić information content (AvgIpc) is 3.07. The number of hydrogen-bond acceptors (Lipinski definition) is 9. The molecule has 0 amide bonds. The molecule has 0 radical (unpaired) electrons. The van der Waals surface area contributed by atoms with E-state index in [2.05, 4.69) is 19.9 Å². The zero-order valence-corrected chi connectivity index (χ0v) is 14.2. The van der Waals surface area contributed by atoms with Crippen LogP contribution in [0.3, 0.4) is 0 Å². The molecule has 0 aromatic carbocycles. The summed E-state index contributed by atoms with van der Waals surface area (Å²) in [6.45, 7) is 2.83. The summed E-state index contributed by atoms with van der Waals surface area (Å²) in [6, 6.07) is 0. The monoisotopic (exact) mass is 363 g/mol. The van der Waals surface area contributed by atoms with Crippen molar-refractivity contribution in [3.8, 4) is 11.3 Å². The van der Waals surface area contributed by atoms with Gasteiger partial charge >= 0.3 is 0 Å². The van der Waals surface area contributed by atoms with Crippen LogP contribution in [-0.2, 0) is 22.0 Å². The Morgan fingerprint density at radius 2 is 1.80 bits per heavy atom. The lowest BCUT2D eigenvalue weighted by atomic mass is 10.1. The second-order valence-corrected chi connectivity index (χ2v) is 6.67. The lowest BCUT2D eigenvalue weighted by Crippen LogP contribution is -2.37. The molecular weight excluding hydrogens is 346 g/mol. The third-order valence-corrected chi connectivity index (χ3v) is 5.01. The van der Waals surface area contributed by atoms with Gasteiger partial charge in [-0.3, -0.25) is 4.31 Å². The molecule has 10 nitrogen and oxygen atoms in total. The highest BCUT2D eigenvalue weighted by Crippen LogP contribution is 2.35.